The monoisotopic (exact) mass is 425 g/mol. The van der Waals surface area contributed by atoms with Crippen LogP contribution in [0.25, 0.3) is 22.8 Å². The highest BCUT2D eigenvalue weighted by Gasteiger charge is 2.10. The number of benzene rings is 2. The van der Waals surface area contributed by atoms with E-state index in [1.54, 1.807) is 0 Å². The molecule has 94 valence electrons. The summed E-state index contributed by atoms with van der Waals surface area (Å²) in [6.45, 7) is 0. The van der Waals surface area contributed by atoms with Gasteiger partial charge in [-0.25, -0.2) is 4.98 Å². The topological polar surface area (TPSA) is 41.6 Å². The third kappa shape index (κ3) is 2.71. The lowest BCUT2D eigenvalue weighted by molar-refractivity contribution is 1.10. The lowest BCUT2D eigenvalue weighted by Crippen LogP contribution is -1.85. The van der Waals surface area contributed by atoms with E-state index < -0.39 is 0 Å². The predicted molar refractivity (Wildman–Crippen MR) is 87.7 cm³/mol. The van der Waals surface area contributed by atoms with Gasteiger partial charge >= 0.3 is 0 Å². The quantitative estimate of drug-likeness (QED) is 0.614. The van der Waals surface area contributed by atoms with Crippen molar-refractivity contribution in [3.8, 4) is 22.8 Å². The Balaban J connectivity index is 2.04. The molecule has 2 aromatic carbocycles. The largest absolute Gasteiger partial charge is 0.259 e. The van der Waals surface area contributed by atoms with E-state index in [-0.39, 0.29) is 0 Å². The van der Waals surface area contributed by atoms with Crippen molar-refractivity contribution in [2.75, 3.05) is 0 Å². The molecule has 19 heavy (non-hydrogen) atoms. The smallest absolute Gasteiger partial charge is 0.181 e. The first-order chi connectivity index (χ1) is 9.24. The standard InChI is InChI=1S/C14H9BrIN3/c15-10-6-7-12(16)11(8-10)14-17-13(18-19-14)9-4-2-1-3-5-9/h1-8H,(H,17,18,19). The third-order valence-corrected chi connectivity index (χ3v) is 4.13. The second kappa shape index (κ2) is 5.42. The van der Waals surface area contributed by atoms with Gasteiger partial charge in [0, 0.05) is 19.2 Å². The summed E-state index contributed by atoms with van der Waals surface area (Å²) in [7, 11) is 0. The minimum Gasteiger partial charge on any atom is -0.259 e. The Morgan fingerprint density at radius 3 is 2.63 bits per heavy atom. The van der Waals surface area contributed by atoms with Crippen LogP contribution in [0.1, 0.15) is 0 Å². The van der Waals surface area contributed by atoms with E-state index in [0.717, 1.165) is 25.0 Å². The number of halogens is 2. The molecular weight excluding hydrogens is 417 g/mol. The molecule has 0 bridgehead atoms. The Labute approximate surface area is 132 Å². The van der Waals surface area contributed by atoms with Crippen LogP contribution in [0.2, 0.25) is 0 Å². The van der Waals surface area contributed by atoms with Crippen LogP contribution in [-0.4, -0.2) is 15.2 Å². The van der Waals surface area contributed by atoms with E-state index in [1.165, 1.54) is 0 Å². The van der Waals surface area contributed by atoms with Crippen molar-refractivity contribution in [3.63, 3.8) is 0 Å². The molecule has 5 heteroatoms. The van der Waals surface area contributed by atoms with E-state index in [4.69, 9.17) is 0 Å². The van der Waals surface area contributed by atoms with E-state index in [0.29, 0.717) is 5.82 Å². The maximum atomic E-state index is 4.56. The fraction of sp³-hybridized carbons (Fsp3) is 0. The Morgan fingerprint density at radius 1 is 1.05 bits per heavy atom. The SMILES string of the molecule is Brc1ccc(I)c(-c2nc(-c3ccccc3)n[nH]2)c1. The van der Waals surface area contributed by atoms with Crippen LogP contribution in [0.3, 0.4) is 0 Å². The molecule has 0 saturated carbocycles. The van der Waals surface area contributed by atoms with Gasteiger partial charge in [0.05, 0.1) is 0 Å². The van der Waals surface area contributed by atoms with E-state index in [1.807, 2.05) is 48.5 Å². The number of hydrogen-bond donors (Lipinski definition) is 1. The number of hydrogen-bond acceptors (Lipinski definition) is 2. The van der Waals surface area contributed by atoms with Crippen LogP contribution in [0.4, 0.5) is 0 Å². The molecule has 0 spiro atoms. The summed E-state index contributed by atoms with van der Waals surface area (Å²) in [5, 5.41) is 7.28. The van der Waals surface area contributed by atoms with Gasteiger partial charge in [-0.3, -0.25) is 5.10 Å². The molecule has 0 amide bonds. The van der Waals surface area contributed by atoms with Gasteiger partial charge in [-0.2, -0.15) is 5.10 Å². The van der Waals surface area contributed by atoms with Gasteiger partial charge in [-0.05, 0) is 40.8 Å². The maximum Gasteiger partial charge on any atom is 0.181 e. The van der Waals surface area contributed by atoms with Crippen LogP contribution in [0.5, 0.6) is 0 Å². The summed E-state index contributed by atoms with van der Waals surface area (Å²) in [5.41, 5.74) is 2.06. The molecule has 1 heterocycles. The average Bonchev–Trinajstić information content (AvgIpc) is 2.92. The summed E-state index contributed by atoms with van der Waals surface area (Å²) in [5.74, 6) is 1.50. The highest BCUT2D eigenvalue weighted by molar-refractivity contribution is 14.1. The summed E-state index contributed by atoms with van der Waals surface area (Å²) in [4.78, 5) is 4.56. The van der Waals surface area contributed by atoms with Crippen molar-refractivity contribution < 1.29 is 0 Å². The lowest BCUT2D eigenvalue weighted by atomic mass is 10.2. The lowest BCUT2D eigenvalue weighted by Gasteiger charge is -2.00. The number of nitrogens with zero attached hydrogens (tertiary/aromatic N) is 2. The van der Waals surface area contributed by atoms with Crippen molar-refractivity contribution in [3.05, 3.63) is 56.6 Å². The van der Waals surface area contributed by atoms with Crippen LogP contribution in [0.15, 0.2) is 53.0 Å². The van der Waals surface area contributed by atoms with Crippen molar-refractivity contribution in [1.82, 2.24) is 15.2 Å². The minimum atomic E-state index is 0.714. The van der Waals surface area contributed by atoms with E-state index in [2.05, 4.69) is 53.7 Å². The molecule has 0 saturated heterocycles. The van der Waals surface area contributed by atoms with Crippen LogP contribution in [-0.2, 0) is 0 Å². The number of H-pyrrole nitrogens is 1. The Bertz CT molecular complexity index is 710. The number of rotatable bonds is 2. The van der Waals surface area contributed by atoms with Gasteiger partial charge in [0.25, 0.3) is 0 Å². The van der Waals surface area contributed by atoms with E-state index in [9.17, 15) is 0 Å². The molecule has 0 unspecified atom stereocenters. The van der Waals surface area contributed by atoms with E-state index >= 15 is 0 Å². The first-order valence-electron chi connectivity index (χ1n) is 5.67. The first-order valence-corrected chi connectivity index (χ1v) is 7.54. The van der Waals surface area contributed by atoms with Gasteiger partial charge in [-0.1, -0.05) is 46.3 Å². The number of nitrogens with one attached hydrogen (secondary N) is 1. The average molecular weight is 426 g/mol. The highest BCUT2D eigenvalue weighted by atomic mass is 127. The fourth-order valence-corrected chi connectivity index (χ4v) is 2.73. The zero-order valence-corrected chi connectivity index (χ0v) is 13.5. The van der Waals surface area contributed by atoms with Crippen molar-refractivity contribution in [2.24, 2.45) is 0 Å². The molecule has 0 radical (unpaired) electrons. The summed E-state index contributed by atoms with van der Waals surface area (Å²) in [6.07, 6.45) is 0. The van der Waals surface area contributed by atoms with Crippen LogP contribution < -0.4 is 0 Å². The van der Waals surface area contributed by atoms with Gasteiger partial charge < -0.3 is 0 Å². The van der Waals surface area contributed by atoms with Crippen molar-refractivity contribution >= 4 is 38.5 Å². The summed E-state index contributed by atoms with van der Waals surface area (Å²) >= 11 is 5.78. The molecule has 0 atom stereocenters. The normalized spacial score (nSPS) is 10.6. The second-order valence-corrected chi connectivity index (χ2v) is 6.08. The van der Waals surface area contributed by atoms with Gasteiger partial charge in [0.2, 0.25) is 0 Å². The highest BCUT2D eigenvalue weighted by Crippen LogP contribution is 2.27. The minimum absolute atomic E-state index is 0.714. The molecule has 3 aromatic rings. The van der Waals surface area contributed by atoms with Crippen molar-refractivity contribution in [1.29, 1.82) is 0 Å². The molecule has 0 fully saturated rings. The van der Waals surface area contributed by atoms with Crippen molar-refractivity contribution in [2.45, 2.75) is 0 Å². The molecule has 1 aromatic heterocycles. The summed E-state index contributed by atoms with van der Waals surface area (Å²) < 4.78 is 2.16. The van der Waals surface area contributed by atoms with Crippen LogP contribution in [0, 0.1) is 3.57 Å². The Kier molecular flexibility index (Phi) is 3.65. The van der Waals surface area contributed by atoms with Gasteiger partial charge in [0.15, 0.2) is 11.6 Å². The molecule has 3 rings (SSSR count). The number of aromatic amines is 1. The molecule has 1 N–H and O–H groups in total. The summed E-state index contributed by atoms with van der Waals surface area (Å²) in [6, 6.07) is 16.0. The first kappa shape index (κ1) is 12.8. The fourth-order valence-electron chi connectivity index (χ4n) is 1.78. The molecular formula is C14H9BrIN3. The predicted octanol–water partition coefficient (Wildman–Crippen LogP) is 4.51. The zero-order valence-electron chi connectivity index (χ0n) is 9.77. The third-order valence-electron chi connectivity index (χ3n) is 2.70. The van der Waals surface area contributed by atoms with Gasteiger partial charge in [0.1, 0.15) is 0 Å². The van der Waals surface area contributed by atoms with Gasteiger partial charge in [-0.15, -0.1) is 0 Å². The Hall–Kier alpha value is -1.21. The maximum absolute atomic E-state index is 4.56. The molecule has 3 nitrogen and oxygen atoms in total. The molecule has 0 aliphatic carbocycles. The molecule has 0 aliphatic rings. The molecule has 0 aliphatic heterocycles. The second-order valence-electron chi connectivity index (χ2n) is 4.00. The Morgan fingerprint density at radius 2 is 1.84 bits per heavy atom. The number of aromatic nitrogens is 3. The zero-order chi connectivity index (χ0) is 13.2. The van der Waals surface area contributed by atoms with Crippen LogP contribution >= 0.6 is 38.5 Å².